The van der Waals surface area contributed by atoms with Crippen molar-refractivity contribution in [3.05, 3.63) is 0 Å². The number of rotatable bonds is 8. The zero-order valence-corrected chi connectivity index (χ0v) is 11.5. The van der Waals surface area contributed by atoms with Crippen LogP contribution in [0, 0.1) is 0 Å². The van der Waals surface area contributed by atoms with Crippen LogP contribution in [0.4, 0.5) is 0 Å². The number of hydrogen-bond donors (Lipinski definition) is 0. The molecule has 0 aliphatic heterocycles. The third-order valence-electron chi connectivity index (χ3n) is 2.23. The molecule has 0 saturated carbocycles. The fourth-order valence-electron chi connectivity index (χ4n) is 1.01. The Hall–Kier alpha value is -0.220. The van der Waals surface area contributed by atoms with Gasteiger partial charge in [0.2, 0.25) is 0 Å². The zero-order valence-electron chi connectivity index (χ0n) is 10.6. The van der Waals surface area contributed by atoms with Crippen molar-refractivity contribution in [2.24, 2.45) is 0 Å². The molecule has 0 aromatic carbocycles. The molecule has 0 aromatic rings. The molecule has 0 aliphatic rings. The van der Waals surface area contributed by atoms with Crippen LogP contribution in [0.2, 0.25) is 0 Å². The van der Waals surface area contributed by atoms with E-state index in [2.05, 4.69) is 0 Å². The Morgan fingerprint density at radius 2 is 1.75 bits per heavy atom. The van der Waals surface area contributed by atoms with E-state index in [1.54, 1.807) is 13.8 Å². The van der Waals surface area contributed by atoms with Gasteiger partial charge in [0, 0.05) is 20.8 Å². The van der Waals surface area contributed by atoms with Crippen molar-refractivity contribution in [2.75, 3.05) is 27.0 Å². The van der Waals surface area contributed by atoms with Gasteiger partial charge in [-0.1, -0.05) is 6.92 Å². The van der Waals surface area contributed by atoms with Crippen LogP contribution in [0.1, 0.15) is 27.2 Å². The summed E-state index contributed by atoms with van der Waals surface area (Å²) in [6.07, 6.45) is 0.555. The van der Waals surface area contributed by atoms with E-state index >= 15 is 0 Å². The smallest absolute Gasteiger partial charge is 0.337 e. The van der Waals surface area contributed by atoms with Crippen LogP contribution in [0.3, 0.4) is 0 Å². The van der Waals surface area contributed by atoms with Gasteiger partial charge in [-0.25, -0.2) is 0 Å². The zero-order chi connectivity index (χ0) is 12.8. The minimum atomic E-state index is -3.30. The van der Waals surface area contributed by atoms with Gasteiger partial charge in [0.15, 0.2) is 5.78 Å². The molecule has 0 amide bonds. The highest BCUT2D eigenvalue weighted by Crippen LogP contribution is 2.46. The van der Waals surface area contributed by atoms with Crippen LogP contribution >= 0.6 is 7.60 Å². The molecule has 0 aromatic heterocycles. The summed E-state index contributed by atoms with van der Waals surface area (Å²) in [7, 11) is -0.773. The van der Waals surface area contributed by atoms with Crippen molar-refractivity contribution in [1.29, 1.82) is 0 Å². The highest BCUT2D eigenvalue weighted by atomic mass is 31.2. The van der Waals surface area contributed by atoms with Crippen molar-refractivity contribution >= 4 is 13.4 Å². The van der Waals surface area contributed by atoms with E-state index in [4.69, 9.17) is 13.8 Å². The molecule has 0 spiro atoms. The number of hydrogen-bond acceptors (Lipinski definition) is 5. The van der Waals surface area contributed by atoms with Gasteiger partial charge >= 0.3 is 7.60 Å². The van der Waals surface area contributed by atoms with Crippen molar-refractivity contribution in [3.8, 4) is 0 Å². The third-order valence-corrected chi connectivity index (χ3v) is 4.02. The van der Waals surface area contributed by atoms with Crippen molar-refractivity contribution in [1.82, 2.24) is 0 Å². The minimum absolute atomic E-state index is 0.267. The molecule has 16 heavy (non-hydrogen) atoms. The number of Topliss-reactive ketones (excluding diaryl/α,β-unsaturated/α-hetero) is 1. The molecular weight excluding hydrogens is 231 g/mol. The summed E-state index contributed by atoms with van der Waals surface area (Å²) in [6.45, 7) is 5.75. The summed E-state index contributed by atoms with van der Waals surface area (Å²) in [5.74, 6) is -0.284. The van der Waals surface area contributed by atoms with Gasteiger partial charge in [-0.3, -0.25) is 9.36 Å². The topological polar surface area (TPSA) is 61.8 Å². The van der Waals surface area contributed by atoms with Gasteiger partial charge in [0.1, 0.15) is 11.8 Å². The second-order valence-electron chi connectivity index (χ2n) is 3.92. The summed E-state index contributed by atoms with van der Waals surface area (Å²) in [4.78, 5) is 11.8. The standard InChI is InChI=1S/C10H21O5P/c1-6-7-15-10(2,3)9(11)8-16(12,13-4)14-5/h6-8H2,1-5H3. The van der Waals surface area contributed by atoms with Crippen LogP contribution < -0.4 is 0 Å². The van der Waals surface area contributed by atoms with Crippen molar-refractivity contribution in [3.63, 3.8) is 0 Å². The van der Waals surface area contributed by atoms with Gasteiger partial charge in [-0.2, -0.15) is 0 Å². The molecule has 0 atom stereocenters. The molecule has 0 bridgehead atoms. The van der Waals surface area contributed by atoms with E-state index in [1.807, 2.05) is 6.92 Å². The summed E-state index contributed by atoms with van der Waals surface area (Å²) in [6, 6.07) is 0. The van der Waals surface area contributed by atoms with Crippen LogP contribution in [0.25, 0.3) is 0 Å². The monoisotopic (exact) mass is 252 g/mol. The van der Waals surface area contributed by atoms with Gasteiger partial charge in [0.25, 0.3) is 0 Å². The van der Waals surface area contributed by atoms with Crippen LogP contribution in [-0.2, 0) is 23.1 Å². The lowest BCUT2D eigenvalue weighted by Gasteiger charge is -2.25. The van der Waals surface area contributed by atoms with E-state index in [-0.39, 0.29) is 11.9 Å². The lowest BCUT2D eigenvalue weighted by atomic mass is 10.1. The van der Waals surface area contributed by atoms with E-state index in [1.165, 1.54) is 14.2 Å². The molecule has 0 heterocycles. The average molecular weight is 252 g/mol. The number of ketones is 1. The Labute approximate surface area is 97.0 Å². The summed E-state index contributed by atoms with van der Waals surface area (Å²) in [5, 5.41) is 0. The van der Waals surface area contributed by atoms with Gasteiger partial charge in [0.05, 0.1) is 0 Å². The maximum absolute atomic E-state index is 11.8. The highest BCUT2D eigenvalue weighted by Gasteiger charge is 2.35. The highest BCUT2D eigenvalue weighted by molar-refractivity contribution is 7.54. The number of carbonyl (C=O) groups excluding carboxylic acids is 1. The van der Waals surface area contributed by atoms with E-state index in [9.17, 15) is 9.36 Å². The second-order valence-corrected chi connectivity index (χ2v) is 6.18. The SMILES string of the molecule is CCCOC(C)(C)C(=O)CP(=O)(OC)OC. The first-order valence-corrected chi connectivity index (χ1v) is 6.92. The maximum atomic E-state index is 11.8. The molecule has 0 fully saturated rings. The Morgan fingerprint density at radius 3 is 2.12 bits per heavy atom. The molecule has 0 N–H and O–H groups in total. The predicted molar refractivity (Wildman–Crippen MR) is 61.8 cm³/mol. The quantitative estimate of drug-likeness (QED) is 0.620. The van der Waals surface area contributed by atoms with Gasteiger partial charge in [-0.15, -0.1) is 0 Å². The molecule has 5 nitrogen and oxygen atoms in total. The van der Waals surface area contributed by atoms with Crippen molar-refractivity contribution < 1.29 is 23.1 Å². The van der Waals surface area contributed by atoms with Crippen LogP contribution in [0.5, 0.6) is 0 Å². The Balaban J connectivity index is 4.50. The van der Waals surface area contributed by atoms with E-state index < -0.39 is 13.2 Å². The molecule has 6 heteroatoms. The molecule has 96 valence electrons. The Bertz CT molecular complexity index is 266. The largest absolute Gasteiger partial charge is 0.368 e. The Kier molecular flexibility index (Phi) is 6.41. The van der Waals surface area contributed by atoms with Gasteiger partial charge in [-0.05, 0) is 20.3 Å². The second kappa shape index (κ2) is 6.50. The summed E-state index contributed by atoms with van der Waals surface area (Å²) in [5.41, 5.74) is -0.956. The summed E-state index contributed by atoms with van der Waals surface area (Å²) >= 11 is 0. The maximum Gasteiger partial charge on any atom is 0.337 e. The lowest BCUT2D eigenvalue weighted by molar-refractivity contribution is -0.137. The fourth-order valence-corrected chi connectivity index (χ4v) is 2.15. The average Bonchev–Trinajstić information content (AvgIpc) is 2.26. The molecule has 0 rings (SSSR count). The molecular formula is C10H21O5P. The fraction of sp³-hybridized carbons (Fsp3) is 0.900. The molecule has 0 unspecified atom stereocenters. The van der Waals surface area contributed by atoms with E-state index in [0.717, 1.165) is 6.42 Å². The van der Waals surface area contributed by atoms with Crippen LogP contribution in [-0.4, -0.2) is 38.4 Å². The van der Waals surface area contributed by atoms with E-state index in [0.29, 0.717) is 6.61 Å². The predicted octanol–water partition coefficient (Wildman–Crippen LogP) is 2.25. The lowest BCUT2D eigenvalue weighted by Crippen LogP contribution is -2.37. The first-order valence-electron chi connectivity index (χ1n) is 5.19. The first-order chi connectivity index (χ1) is 7.31. The first kappa shape index (κ1) is 15.8. The van der Waals surface area contributed by atoms with Gasteiger partial charge < -0.3 is 13.8 Å². The molecule has 0 radical (unpaired) electrons. The number of carbonyl (C=O) groups is 1. The summed E-state index contributed by atoms with van der Waals surface area (Å²) < 4.78 is 26.6. The third kappa shape index (κ3) is 4.74. The molecule has 0 saturated heterocycles. The Morgan fingerprint density at radius 1 is 1.25 bits per heavy atom. The van der Waals surface area contributed by atoms with Crippen LogP contribution in [0.15, 0.2) is 0 Å². The minimum Gasteiger partial charge on any atom is -0.368 e. The van der Waals surface area contributed by atoms with Crippen molar-refractivity contribution in [2.45, 2.75) is 32.8 Å². The molecule has 0 aliphatic carbocycles. The normalized spacial score (nSPS) is 12.8. The number of ether oxygens (including phenoxy) is 1.